The molecule has 0 aromatic heterocycles. The van der Waals surface area contributed by atoms with Crippen molar-refractivity contribution in [1.82, 2.24) is 4.90 Å². The minimum atomic E-state index is -0.430. The summed E-state index contributed by atoms with van der Waals surface area (Å²) >= 11 is 0. The van der Waals surface area contributed by atoms with Crippen molar-refractivity contribution >= 4 is 0 Å². The molecule has 3 heteroatoms. The van der Waals surface area contributed by atoms with E-state index in [4.69, 9.17) is 9.47 Å². The van der Waals surface area contributed by atoms with Crippen molar-refractivity contribution in [1.29, 1.82) is 0 Å². The fourth-order valence-corrected chi connectivity index (χ4v) is 3.57. The number of rotatable bonds is 17. The van der Waals surface area contributed by atoms with Gasteiger partial charge in [-0.3, -0.25) is 0 Å². The van der Waals surface area contributed by atoms with E-state index in [1.165, 1.54) is 44.9 Å². The number of hydrogen-bond acceptors (Lipinski definition) is 3. The van der Waals surface area contributed by atoms with Gasteiger partial charge in [0, 0.05) is 19.1 Å². The number of unbranched alkanes of at least 4 members (excludes halogenated alkanes) is 5. The van der Waals surface area contributed by atoms with Gasteiger partial charge in [0.15, 0.2) is 5.79 Å². The Hall–Kier alpha value is -0.120. The van der Waals surface area contributed by atoms with Gasteiger partial charge in [-0.1, -0.05) is 59.3 Å². The first-order valence-corrected chi connectivity index (χ1v) is 10.6. The molecule has 1 atom stereocenters. The van der Waals surface area contributed by atoms with Crippen molar-refractivity contribution in [2.45, 2.75) is 98.7 Å². The monoisotopic (exact) mass is 343 g/mol. The summed E-state index contributed by atoms with van der Waals surface area (Å²) in [6, 6.07) is 0. The molecule has 0 aliphatic carbocycles. The lowest BCUT2D eigenvalue weighted by atomic mass is 9.89. The lowest BCUT2D eigenvalue weighted by Gasteiger charge is -2.38. The zero-order chi connectivity index (χ0) is 18.3. The average molecular weight is 344 g/mol. The van der Waals surface area contributed by atoms with Crippen LogP contribution >= 0.6 is 0 Å². The van der Waals surface area contributed by atoms with Gasteiger partial charge < -0.3 is 14.4 Å². The zero-order valence-electron chi connectivity index (χ0n) is 17.5. The Kier molecular flexibility index (Phi) is 15.1. The van der Waals surface area contributed by atoms with Crippen LogP contribution in [0.15, 0.2) is 0 Å². The van der Waals surface area contributed by atoms with E-state index in [0.717, 1.165) is 39.3 Å². The van der Waals surface area contributed by atoms with Gasteiger partial charge in [0.05, 0.1) is 0 Å². The van der Waals surface area contributed by atoms with Crippen LogP contribution in [0.1, 0.15) is 92.9 Å². The maximum absolute atomic E-state index is 6.09. The number of nitrogens with zero attached hydrogens (tertiary/aromatic N) is 1. The summed E-state index contributed by atoms with van der Waals surface area (Å²) < 4.78 is 12.2. The lowest BCUT2D eigenvalue weighted by molar-refractivity contribution is -0.254. The molecule has 0 aromatic rings. The van der Waals surface area contributed by atoms with E-state index in [-0.39, 0.29) is 0 Å². The maximum atomic E-state index is 6.09. The molecule has 0 heterocycles. The summed E-state index contributed by atoms with van der Waals surface area (Å²) in [6.45, 7) is 17.9. The molecule has 3 nitrogen and oxygen atoms in total. The minimum Gasteiger partial charge on any atom is -0.350 e. The second-order valence-electron chi connectivity index (χ2n) is 6.95. The van der Waals surface area contributed by atoms with E-state index in [0.29, 0.717) is 5.92 Å². The Morgan fingerprint density at radius 1 is 0.750 bits per heavy atom. The molecule has 0 fully saturated rings. The molecule has 0 radical (unpaired) electrons. The van der Waals surface area contributed by atoms with Gasteiger partial charge in [-0.15, -0.1) is 0 Å². The molecule has 0 saturated carbocycles. The number of hydrogen-bond donors (Lipinski definition) is 0. The van der Waals surface area contributed by atoms with Gasteiger partial charge in [0.25, 0.3) is 0 Å². The van der Waals surface area contributed by atoms with Crippen molar-refractivity contribution in [3.8, 4) is 0 Å². The molecule has 0 N–H and O–H groups in total. The molecular formula is C21H45NO2. The fraction of sp³-hybridized carbons (Fsp3) is 1.00. The molecule has 1 unspecified atom stereocenters. The van der Waals surface area contributed by atoms with Crippen LogP contribution in [-0.4, -0.2) is 43.5 Å². The quantitative estimate of drug-likeness (QED) is 0.243. The van der Waals surface area contributed by atoms with Crippen LogP contribution in [-0.2, 0) is 9.47 Å². The predicted octanol–water partition coefficient (Wildman–Crippen LogP) is 5.87. The van der Waals surface area contributed by atoms with E-state index >= 15 is 0 Å². The van der Waals surface area contributed by atoms with Crippen LogP contribution < -0.4 is 0 Å². The summed E-state index contributed by atoms with van der Waals surface area (Å²) in [6.07, 6.45) is 10.5. The van der Waals surface area contributed by atoms with Crippen LogP contribution in [0.2, 0.25) is 0 Å². The Morgan fingerprint density at radius 2 is 1.29 bits per heavy atom. The second-order valence-corrected chi connectivity index (χ2v) is 6.95. The highest BCUT2D eigenvalue weighted by atomic mass is 16.7. The van der Waals surface area contributed by atoms with E-state index in [9.17, 15) is 0 Å². The molecule has 146 valence electrons. The molecule has 0 aromatic carbocycles. The molecule has 0 amide bonds. The Labute approximate surface area is 152 Å². The van der Waals surface area contributed by atoms with Crippen LogP contribution in [0.4, 0.5) is 0 Å². The highest BCUT2D eigenvalue weighted by molar-refractivity contribution is 4.77. The molecule has 0 aliphatic heterocycles. The third-order valence-corrected chi connectivity index (χ3v) is 5.20. The normalized spacial score (nSPS) is 13.6. The smallest absolute Gasteiger partial charge is 0.168 e. The van der Waals surface area contributed by atoms with E-state index < -0.39 is 5.79 Å². The molecular weight excluding hydrogens is 298 g/mol. The Balaban J connectivity index is 4.61. The molecule has 0 spiro atoms. The first-order valence-electron chi connectivity index (χ1n) is 10.6. The summed E-state index contributed by atoms with van der Waals surface area (Å²) in [4.78, 5) is 2.51. The van der Waals surface area contributed by atoms with Crippen molar-refractivity contribution in [3.05, 3.63) is 0 Å². The maximum Gasteiger partial charge on any atom is 0.168 e. The van der Waals surface area contributed by atoms with Crippen molar-refractivity contribution in [3.63, 3.8) is 0 Å². The van der Waals surface area contributed by atoms with E-state index in [2.05, 4.69) is 46.4 Å². The SMILES string of the molecule is CCCCCCCCC(CCN(CC)CC)C(C)(OCC)OCC. The largest absolute Gasteiger partial charge is 0.350 e. The minimum absolute atomic E-state index is 0.430. The van der Waals surface area contributed by atoms with E-state index in [1.54, 1.807) is 0 Å². The Bertz CT molecular complexity index is 261. The van der Waals surface area contributed by atoms with Gasteiger partial charge >= 0.3 is 0 Å². The van der Waals surface area contributed by atoms with Crippen molar-refractivity contribution in [2.75, 3.05) is 32.8 Å². The molecule has 24 heavy (non-hydrogen) atoms. The molecule has 0 saturated heterocycles. The van der Waals surface area contributed by atoms with Gasteiger partial charge in [0.1, 0.15) is 0 Å². The molecule has 0 rings (SSSR count). The summed E-state index contributed by atoms with van der Waals surface area (Å²) in [5, 5.41) is 0. The van der Waals surface area contributed by atoms with E-state index in [1.807, 2.05) is 0 Å². The van der Waals surface area contributed by atoms with Crippen LogP contribution in [0.5, 0.6) is 0 Å². The third kappa shape index (κ3) is 10.0. The van der Waals surface area contributed by atoms with Crippen LogP contribution in [0.3, 0.4) is 0 Å². The average Bonchev–Trinajstić information content (AvgIpc) is 2.57. The summed E-state index contributed by atoms with van der Waals surface area (Å²) in [7, 11) is 0. The number of ether oxygens (including phenoxy) is 2. The van der Waals surface area contributed by atoms with Gasteiger partial charge in [0.2, 0.25) is 0 Å². The first-order chi connectivity index (χ1) is 11.6. The molecule has 0 aliphatic rings. The lowest BCUT2D eigenvalue weighted by Crippen LogP contribution is -2.42. The van der Waals surface area contributed by atoms with Crippen LogP contribution in [0.25, 0.3) is 0 Å². The van der Waals surface area contributed by atoms with Gasteiger partial charge in [-0.25, -0.2) is 0 Å². The predicted molar refractivity (Wildman–Crippen MR) is 106 cm³/mol. The topological polar surface area (TPSA) is 21.7 Å². The highest BCUT2D eigenvalue weighted by Crippen LogP contribution is 2.31. The van der Waals surface area contributed by atoms with Gasteiger partial charge in [-0.05, 0) is 53.2 Å². The Morgan fingerprint density at radius 3 is 1.79 bits per heavy atom. The summed E-state index contributed by atoms with van der Waals surface area (Å²) in [5.74, 6) is 0.0456. The van der Waals surface area contributed by atoms with Crippen LogP contribution in [0, 0.1) is 5.92 Å². The zero-order valence-corrected chi connectivity index (χ0v) is 17.5. The molecule has 0 bridgehead atoms. The van der Waals surface area contributed by atoms with Gasteiger partial charge in [-0.2, -0.15) is 0 Å². The summed E-state index contributed by atoms with van der Waals surface area (Å²) in [5.41, 5.74) is 0. The first kappa shape index (κ1) is 23.9. The van der Waals surface area contributed by atoms with Crippen molar-refractivity contribution < 1.29 is 9.47 Å². The van der Waals surface area contributed by atoms with Crippen molar-refractivity contribution in [2.24, 2.45) is 5.92 Å². The third-order valence-electron chi connectivity index (χ3n) is 5.20. The fourth-order valence-electron chi connectivity index (χ4n) is 3.57. The highest BCUT2D eigenvalue weighted by Gasteiger charge is 2.35. The standard InChI is InChI=1S/C21H45NO2/c1-7-12-13-14-15-16-17-20(18-19-22(8-2)9-3)21(6,23-10-4)24-11-5/h20H,7-19H2,1-6H3. The second kappa shape index (κ2) is 15.2.